The van der Waals surface area contributed by atoms with Crippen LogP contribution in [0.5, 0.6) is 5.75 Å². The molecule has 0 unspecified atom stereocenters. The van der Waals surface area contributed by atoms with Gasteiger partial charge >= 0.3 is 0 Å². The quantitative estimate of drug-likeness (QED) is 0.794. The molecule has 0 aliphatic rings. The third-order valence-corrected chi connectivity index (χ3v) is 4.74. The number of benzene rings is 1. The lowest BCUT2D eigenvalue weighted by atomic mass is 10.2. The van der Waals surface area contributed by atoms with Crippen molar-refractivity contribution in [3.8, 4) is 5.75 Å². The lowest BCUT2D eigenvalue weighted by Gasteiger charge is -2.19. The van der Waals surface area contributed by atoms with Gasteiger partial charge in [0.15, 0.2) is 0 Å². The van der Waals surface area contributed by atoms with Gasteiger partial charge in [0.05, 0.1) is 18.1 Å². The Bertz CT molecular complexity index is 496. The highest BCUT2D eigenvalue weighted by Crippen LogP contribution is 2.19. The number of aliphatic hydroxyl groups excluding tert-OH is 1. The molecule has 5 nitrogen and oxygen atoms in total. The summed E-state index contributed by atoms with van der Waals surface area (Å²) >= 11 is 0. The number of hydrogen-bond donors (Lipinski definition) is 1. The molecule has 1 rings (SSSR count). The van der Waals surface area contributed by atoms with E-state index in [9.17, 15) is 8.42 Å². The Kier molecular flexibility index (Phi) is 6.45. The number of sulfonamides is 1. The van der Waals surface area contributed by atoms with Crippen LogP contribution in [0.25, 0.3) is 0 Å². The Balaban J connectivity index is 2.86. The Morgan fingerprint density at radius 2 is 1.85 bits per heavy atom. The Labute approximate surface area is 121 Å². The van der Waals surface area contributed by atoms with Gasteiger partial charge in [-0.15, -0.1) is 0 Å². The maximum atomic E-state index is 12.3. The molecule has 114 valence electrons. The van der Waals surface area contributed by atoms with Crippen molar-refractivity contribution in [1.82, 2.24) is 4.31 Å². The van der Waals surface area contributed by atoms with Crippen LogP contribution in [0, 0.1) is 5.92 Å². The molecule has 0 atom stereocenters. The molecule has 6 heteroatoms. The maximum Gasteiger partial charge on any atom is 0.243 e. The highest BCUT2D eigenvalue weighted by atomic mass is 32.2. The second-order valence-electron chi connectivity index (χ2n) is 4.90. The molecule has 0 aliphatic heterocycles. The molecule has 0 saturated carbocycles. The minimum atomic E-state index is -3.54. The second-order valence-corrected chi connectivity index (χ2v) is 6.83. The van der Waals surface area contributed by atoms with Gasteiger partial charge in [-0.05, 0) is 30.2 Å². The fraction of sp³-hybridized carbons (Fsp3) is 0.571. The van der Waals surface area contributed by atoms with Crippen LogP contribution in [0.4, 0.5) is 0 Å². The predicted molar refractivity (Wildman–Crippen MR) is 78.3 cm³/mol. The van der Waals surface area contributed by atoms with Crippen molar-refractivity contribution in [2.75, 3.05) is 26.3 Å². The standard InChI is InChI=1S/C14H23NO4S/c1-4-15(9-10-16)20(17,18)14-7-5-13(6-8-14)19-11-12(2)3/h5-8,12,16H,4,9-11H2,1-3H3. The van der Waals surface area contributed by atoms with Gasteiger partial charge in [0.1, 0.15) is 5.75 Å². The normalized spacial score (nSPS) is 12.1. The van der Waals surface area contributed by atoms with Gasteiger partial charge < -0.3 is 9.84 Å². The summed E-state index contributed by atoms with van der Waals surface area (Å²) in [4.78, 5) is 0.213. The lowest BCUT2D eigenvalue weighted by molar-refractivity contribution is 0.257. The van der Waals surface area contributed by atoms with Crippen LogP contribution in [0.3, 0.4) is 0 Å². The fourth-order valence-electron chi connectivity index (χ4n) is 1.68. The molecule has 0 heterocycles. The molecule has 20 heavy (non-hydrogen) atoms. The summed E-state index contributed by atoms with van der Waals surface area (Å²) in [6, 6.07) is 6.38. The number of likely N-dealkylation sites (N-methyl/N-ethyl adjacent to an activating group) is 1. The van der Waals surface area contributed by atoms with Gasteiger partial charge in [0.2, 0.25) is 10.0 Å². The molecule has 0 radical (unpaired) electrons. The zero-order valence-electron chi connectivity index (χ0n) is 12.2. The second kappa shape index (κ2) is 7.61. The smallest absolute Gasteiger partial charge is 0.243 e. The van der Waals surface area contributed by atoms with E-state index in [1.807, 2.05) is 13.8 Å². The predicted octanol–water partition coefficient (Wildman–Crippen LogP) is 1.72. The van der Waals surface area contributed by atoms with E-state index >= 15 is 0 Å². The zero-order valence-corrected chi connectivity index (χ0v) is 13.1. The van der Waals surface area contributed by atoms with E-state index in [0.29, 0.717) is 24.8 Å². The number of aliphatic hydroxyl groups is 1. The first-order valence-corrected chi connectivity index (χ1v) is 8.19. The van der Waals surface area contributed by atoms with E-state index in [4.69, 9.17) is 9.84 Å². The van der Waals surface area contributed by atoms with Crippen molar-refractivity contribution in [3.63, 3.8) is 0 Å². The molecule has 1 aromatic rings. The number of hydrogen-bond acceptors (Lipinski definition) is 4. The molecule has 0 saturated heterocycles. The molecule has 0 fully saturated rings. The van der Waals surface area contributed by atoms with E-state index in [1.54, 1.807) is 19.1 Å². The van der Waals surface area contributed by atoms with Crippen LogP contribution in [0.1, 0.15) is 20.8 Å². The average molecular weight is 301 g/mol. The van der Waals surface area contributed by atoms with Crippen LogP contribution >= 0.6 is 0 Å². The topological polar surface area (TPSA) is 66.8 Å². The maximum absolute atomic E-state index is 12.3. The molecule has 1 aromatic carbocycles. The summed E-state index contributed by atoms with van der Waals surface area (Å²) in [5.41, 5.74) is 0. The van der Waals surface area contributed by atoms with Crippen LogP contribution < -0.4 is 4.74 Å². The summed E-state index contributed by atoms with van der Waals surface area (Å²) in [5.74, 6) is 1.07. The largest absolute Gasteiger partial charge is 0.493 e. The minimum Gasteiger partial charge on any atom is -0.493 e. The SMILES string of the molecule is CCN(CCO)S(=O)(=O)c1ccc(OCC(C)C)cc1. The summed E-state index contributed by atoms with van der Waals surface area (Å²) in [5, 5.41) is 8.92. The summed E-state index contributed by atoms with van der Waals surface area (Å²) in [7, 11) is -3.54. The van der Waals surface area contributed by atoms with Crippen LogP contribution in [0.15, 0.2) is 29.2 Å². The van der Waals surface area contributed by atoms with E-state index in [0.717, 1.165) is 0 Å². The molecule has 0 aliphatic carbocycles. The van der Waals surface area contributed by atoms with Crippen molar-refractivity contribution >= 4 is 10.0 Å². The van der Waals surface area contributed by atoms with Gasteiger partial charge in [0.25, 0.3) is 0 Å². The van der Waals surface area contributed by atoms with Crippen LogP contribution in [-0.2, 0) is 10.0 Å². The Morgan fingerprint density at radius 1 is 1.25 bits per heavy atom. The van der Waals surface area contributed by atoms with E-state index in [1.165, 1.54) is 16.4 Å². The number of rotatable bonds is 8. The molecule has 0 spiro atoms. The van der Waals surface area contributed by atoms with Crippen molar-refractivity contribution in [1.29, 1.82) is 0 Å². The van der Waals surface area contributed by atoms with E-state index in [2.05, 4.69) is 0 Å². The van der Waals surface area contributed by atoms with Crippen molar-refractivity contribution in [2.45, 2.75) is 25.7 Å². The lowest BCUT2D eigenvalue weighted by Crippen LogP contribution is -2.33. The van der Waals surface area contributed by atoms with E-state index in [-0.39, 0.29) is 18.0 Å². The first-order chi connectivity index (χ1) is 9.41. The first kappa shape index (κ1) is 16.9. The number of ether oxygens (including phenoxy) is 1. The van der Waals surface area contributed by atoms with Crippen LogP contribution in [-0.4, -0.2) is 44.1 Å². The Hall–Kier alpha value is -1.11. The third-order valence-electron chi connectivity index (χ3n) is 2.75. The fourth-order valence-corrected chi connectivity index (χ4v) is 3.12. The molecule has 0 amide bonds. The average Bonchev–Trinajstić information content (AvgIpc) is 2.42. The molecular formula is C14H23NO4S. The summed E-state index contributed by atoms with van der Waals surface area (Å²) in [6.45, 7) is 6.67. The van der Waals surface area contributed by atoms with Gasteiger partial charge in [-0.1, -0.05) is 20.8 Å². The highest BCUT2D eigenvalue weighted by Gasteiger charge is 2.22. The van der Waals surface area contributed by atoms with Crippen LogP contribution in [0.2, 0.25) is 0 Å². The number of nitrogens with zero attached hydrogens (tertiary/aromatic N) is 1. The zero-order chi connectivity index (χ0) is 15.2. The van der Waals surface area contributed by atoms with Crippen molar-refractivity contribution < 1.29 is 18.3 Å². The third kappa shape index (κ3) is 4.47. The highest BCUT2D eigenvalue weighted by molar-refractivity contribution is 7.89. The van der Waals surface area contributed by atoms with Crippen molar-refractivity contribution in [3.05, 3.63) is 24.3 Å². The molecule has 0 bridgehead atoms. The van der Waals surface area contributed by atoms with E-state index < -0.39 is 10.0 Å². The molecule has 0 aromatic heterocycles. The Morgan fingerprint density at radius 3 is 2.30 bits per heavy atom. The molecule has 1 N–H and O–H groups in total. The first-order valence-electron chi connectivity index (χ1n) is 6.75. The monoisotopic (exact) mass is 301 g/mol. The van der Waals surface area contributed by atoms with Gasteiger partial charge in [-0.3, -0.25) is 0 Å². The van der Waals surface area contributed by atoms with Gasteiger partial charge in [0, 0.05) is 13.1 Å². The van der Waals surface area contributed by atoms with Crippen molar-refractivity contribution in [2.24, 2.45) is 5.92 Å². The minimum absolute atomic E-state index is 0.102. The summed E-state index contributed by atoms with van der Waals surface area (Å²) in [6.07, 6.45) is 0. The molecular weight excluding hydrogens is 278 g/mol. The van der Waals surface area contributed by atoms with Gasteiger partial charge in [-0.25, -0.2) is 8.42 Å². The summed E-state index contributed by atoms with van der Waals surface area (Å²) < 4.78 is 31.4. The van der Waals surface area contributed by atoms with Gasteiger partial charge in [-0.2, -0.15) is 4.31 Å².